The van der Waals surface area contributed by atoms with E-state index in [9.17, 15) is 14.5 Å². The second-order valence-corrected chi connectivity index (χ2v) is 15.4. The quantitative estimate of drug-likeness (QED) is 0.141. The molecular formula is C39H51N5O6. The number of anilines is 1. The van der Waals surface area contributed by atoms with Crippen molar-refractivity contribution in [1.82, 2.24) is 15.3 Å². The number of pyridine rings is 1. The van der Waals surface area contributed by atoms with Gasteiger partial charge >= 0.3 is 6.09 Å². The zero-order chi connectivity index (χ0) is 35.4. The number of nitroso groups, excluding NO2 is 1. The molecule has 1 aromatic carbocycles. The van der Waals surface area contributed by atoms with E-state index in [0.717, 1.165) is 75.5 Å². The van der Waals surface area contributed by atoms with E-state index in [4.69, 9.17) is 23.9 Å². The SMILES string of the molecule is COc1ccc(C23CCC(CN(C(=O)C4CCCCC4)c4cc(-c5coc(C(C)(C)COC(=O)NCCN=O)n5)ccn4)(CC2)CC3)cc1C. The maximum atomic E-state index is 14.4. The molecule has 4 aliphatic carbocycles. The summed E-state index contributed by atoms with van der Waals surface area (Å²) in [7, 11) is 1.73. The molecule has 268 valence electrons. The predicted molar refractivity (Wildman–Crippen MR) is 191 cm³/mol. The average Bonchev–Trinajstić information content (AvgIpc) is 3.66. The lowest BCUT2D eigenvalue weighted by Gasteiger charge is -2.55. The number of hydrogen-bond acceptors (Lipinski definition) is 9. The Bertz CT molecular complexity index is 1650. The Morgan fingerprint density at radius 3 is 2.48 bits per heavy atom. The van der Waals surface area contributed by atoms with Crippen LogP contribution in [0.25, 0.3) is 11.3 Å². The maximum Gasteiger partial charge on any atom is 0.407 e. The summed E-state index contributed by atoms with van der Waals surface area (Å²) in [5.74, 6) is 2.23. The van der Waals surface area contributed by atoms with Crippen LogP contribution in [0.3, 0.4) is 0 Å². The van der Waals surface area contributed by atoms with E-state index in [2.05, 4.69) is 35.6 Å². The lowest BCUT2D eigenvalue weighted by molar-refractivity contribution is -0.124. The highest BCUT2D eigenvalue weighted by molar-refractivity contribution is 5.94. The first kappa shape index (κ1) is 35.5. The molecular weight excluding hydrogens is 634 g/mol. The maximum absolute atomic E-state index is 14.4. The minimum Gasteiger partial charge on any atom is -0.496 e. The molecule has 2 bridgehead atoms. The van der Waals surface area contributed by atoms with Gasteiger partial charge in [0, 0.05) is 30.8 Å². The summed E-state index contributed by atoms with van der Waals surface area (Å²) < 4.78 is 16.8. The number of nitrogens with zero attached hydrogens (tertiary/aromatic N) is 4. The normalized spacial score (nSPS) is 22.2. The van der Waals surface area contributed by atoms with Gasteiger partial charge in [0.25, 0.3) is 0 Å². The summed E-state index contributed by atoms with van der Waals surface area (Å²) >= 11 is 0. The van der Waals surface area contributed by atoms with Gasteiger partial charge in [0.2, 0.25) is 11.8 Å². The summed E-state index contributed by atoms with van der Waals surface area (Å²) in [6.45, 7) is 6.68. The number of amides is 2. The van der Waals surface area contributed by atoms with Crippen LogP contribution in [0.1, 0.15) is 101 Å². The molecule has 3 aromatic rings. The first-order valence-electron chi connectivity index (χ1n) is 18.2. The van der Waals surface area contributed by atoms with E-state index in [1.54, 1.807) is 19.6 Å². The number of benzene rings is 1. The summed E-state index contributed by atoms with van der Waals surface area (Å²) in [5.41, 5.74) is 3.57. The van der Waals surface area contributed by atoms with E-state index in [1.165, 1.54) is 17.5 Å². The Kier molecular flexibility index (Phi) is 10.6. The second kappa shape index (κ2) is 14.9. The third kappa shape index (κ3) is 7.56. The van der Waals surface area contributed by atoms with E-state index in [1.807, 2.05) is 30.9 Å². The molecule has 2 heterocycles. The van der Waals surface area contributed by atoms with Gasteiger partial charge in [-0.3, -0.25) is 9.69 Å². The lowest BCUT2D eigenvalue weighted by atomic mass is 9.51. The van der Waals surface area contributed by atoms with Gasteiger partial charge in [-0.2, -0.15) is 4.91 Å². The molecule has 0 saturated heterocycles. The molecule has 0 aliphatic heterocycles. The van der Waals surface area contributed by atoms with Gasteiger partial charge in [0.1, 0.15) is 30.1 Å². The average molecular weight is 686 g/mol. The van der Waals surface area contributed by atoms with Gasteiger partial charge < -0.3 is 19.2 Å². The minimum absolute atomic E-state index is 0.0190. The fourth-order valence-electron chi connectivity index (χ4n) is 8.32. The van der Waals surface area contributed by atoms with Crippen LogP contribution in [0.15, 0.2) is 52.4 Å². The van der Waals surface area contributed by atoms with E-state index in [0.29, 0.717) is 23.9 Å². The van der Waals surface area contributed by atoms with Crippen molar-refractivity contribution in [3.05, 3.63) is 64.7 Å². The molecule has 2 aromatic heterocycles. The highest BCUT2D eigenvalue weighted by Crippen LogP contribution is 2.58. The number of aromatic nitrogens is 2. The number of fused-ring (bicyclic) bond motifs is 3. The molecule has 0 radical (unpaired) electrons. The first-order chi connectivity index (χ1) is 24.1. The molecule has 1 N–H and O–H groups in total. The molecule has 11 heteroatoms. The number of methoxy groups -OCH3 is 1. The molecule has 0 atom stereocenters. The van der Waals surface area contributed by atoms with Crippen molar-refractivity contribution in [1.29, 1.82) is 0 Å². The van der Waals surface area contributed by atoms with Crippen LogP contribution in [-0.2, 0) is 20.4 Å². The highest BCUT2D eigenvalue weighted by Gasteiger charge is 2.50. The molecule has 4 fully saturated rings. The third-order valence-corrected chi connectivity index (χ3v) is 11.6. The standard InChI is InChI=1S/C39H51N5O6/c1-27-22-30(10-11-32(27)48-4)39-16-13-38(14-17-39,15-18-39)25-44(34(45)28-8-6-5-7-9-28)33-23-29(12-19-40-33)31-24-49-35(43-31)37(2,3)26-50-36(46)41-20-21-42-47/h10-12,19,22-24,28H,5-9,13-18,20-21,25-26H2,1-4H3,(H,41,46). The Morgan fingerprint density at radius 1 is 1.06 bits per heavy atom. The number of aryl methyl sites for hydroxylation is 1. The highest BCUT2D eigenvalue weighted by atomic mass is 16.5. The molecule has 11 nitrogen and oxygen atoms in total. The molecule has 2 amide bonds. The largest absolute Gasteiger partial charge is 0.496 e. The van der Waals surface area contributed by atoms with Gasteiger partial charge in [0.05, 0.1) is 19.1 Å². The monoisotopic (exact) mass is 685 g/mol. The van der Waals surface area contributed by atoms with E-state index < -0.39 is 11.5 Å². The zero-order valence-electron chi connectivity index (χ0n) is 30.0. The topological polar surface area (TPSA) is 136 Å². The van der Waals surface area contributed by atoms with Crippen LogP contribution in [-0.4, -0.2) is 55.3 Å². The van der Waals surface area contributed by atoms with Crippen LogP contribution in [0.5, 0.6) is 5.75 Å². The smallest absolute Gasteiger partial charge is 0.407 e. The Hall–Kier alpha value is -4.28. The van der Waals surface area contributed by atoms with E-state index in [-0.39, 0.29) is 42.4 Å². The Morgan fingerprint density at radius 2 is 1.80 bits per heavy atom. The Labute approximate surface area is 294 Å². The van der Waals surface area contributed by atoms with Crippen molar-refractivity contribution in [2.24, 2.45) is 16.5 Å². The molecule has 0 unspecified atom stereocenters. The number of carbonyl (C=O) groups excluding carboxylic acids is 2. The van der Waals surface area contributed by atoms with Gasteiger partial charge in [-0.25, -0.2) is 14.8 Å². The lowest BCUT2D eigenvalue weighted by Crippen LogP contribution is -2.51. The van der Waals surface area contributed by atoms with Crippen LogP contribution < -0.4 is 15.0 Å². The summed E-state index contributed by atoms with van der Waals surface area (Å²) in [6.07, 6.45) is 14.6. The summed E-state index contributed by atoms with van der Waals surface area (Å²) in [5, 5.41) is 5.22. The van der Waals surface area contributed by atoms with Gasteiger partial charge in [-0.05, 0) is 112 Å². The van der Waals surface area contributed by atoms with Crippen molar-refractivity contribution in [3.8, 4) is 17.0 Å². The predicted octanol–water partition coefficient (Wildman–Crippen LogP) is 8.03. The van der Waals surface area contributed by atoms with Crippen LogP contribution >= 0.6 is 0 Å². The molecule has 7 rings (SSSR count). The number of alkyl carbamates (subject to hydrolysis) is 1. The number of carbonyl (C=O) groups is 2. The van der Waals surface area contributed by atoms with Crippen molar-refractivity contribution in [3.63, 3.8) is 0 Å². The number of rotatable bonds is 13. The second-order valence-electron chi connectivity index (χ2n) is 15.4. The van der Waals surface area contributed by atoms with Crippen molar-refractivity contribution in [2.75, 3.05) is 38.3 Å². The molecule has 4 saturated carbocycles. The van der Waals surface area contributed by atoms with Gasteiger partial charge in [0.15, 0.2) is 0 Å². The number of oxazole rings is 1. The van der Waals surface area contributed by atoms with Crippen molar-refractivity contribution in [2.45, 2.75) is 102 Å². The van der Waals surface area contributed by atoms with Gasteiger partial charge in [-0.15, -0.1) is 0 Å². The first-order valence-corrected chi connectivity index (χ1v) is 18.2. The molecule has 50 heavy (non-hydrogen) atoms. The van der Waals surface area contributed by atoms with Crippen molar-refractivity contribution < 1.29 is 23.5 Å². The number of hydrogen-bond donors (Lipinski definition) is 1. The number of ether oxygens (including phenoxy) is 2. The van der Waals surface area contributed by atoms with Crippen molar-refractivity contribution >= 4 is 17.8 Å². The molecule has 0 spiro atoms. The summed E-state index contributed by atoms with van der Waals surface area (Å²) in [6, 6.07) is 10.5. The Balaban J connectivity index is 1.20. The van der Waals surface area contributed by atoms with Crippen LogP contribution in [0, 0.1) is 23.2 Å². The van der Waals surface area contributed by atoms with Gasteiger partial charge in [-0.1, -0.05) is 36.6 Å². The fraction of sp³-hybridized carbons (Fsp3) is 0.590. The van der Waals surface area contributed by atoms with Crippen LogP contribution in [0.4, 0.5) is 10.6 Å². The molecule has 4 aliphatic rings. The fourth-order valence-corrected chi connectivity index (χ4v) is 8.32. The number of nitrogens with one attached hydrogen (secondary N) is 1. The third-order valence-electron chi connectivity index (χ3n) is 11.6. The minimum atomic E-state index is -0.710. The summed E-state index contributed by atoms with van der Waals surface area (Å²) in [4.78, 5) is 48.3. The van der Waals surface area contributed by atoms with Crippen LogP contribution in [0.2, 0.25) is 0 Å². The van der Waals surface area contributed by atoms with E-state index >= 15 is 0 Å². The zero-order valence-corrected chi connectivity index (χ0v) is 30.0.